The SMILES string of the molecule is Cc1ccc(C(=O)NC2(c3ccccn3)CC2)c(OCc2cccc(Cl)c2)c1. The number of aromatic nitrogens is 1. The number of nitrogens with zero attached hydrogens (tertiary/aromatic N) is 1. The Balaban J connectivity index is 1.53. The zero-order valence-corrected chi connectivity index (χ0v) is 16.4. The van der Waals surface area contributed by atoms with Crippen molar-refractivity contribution in [3.05, 3.63) is 94.3 Å². The number of halogens is 1. The van der Waals surface area contributed by atoms with Crippen molar-refractivity contribution >= 4 is 17.5 Å². The van der Waals surface area contributed by atoms with Crippen LogP contribution in [0.15, 0.2) is 66.9 Å². The van der Waals surface area contributed by atoms with Crippen molar-refractivity contribution in [3.63, 3.8) is 0 Å². The van der Waals surface area contributed by atoms with E-state index in [0.717, 1.165) is 29.7 Å². The first-order valence-corrected chi connectivity index (χ1v) is 9.65. The van der Waals surface area contributed by atoms with Gasteiger partial charge in [0, 0.05) is 11.2 Å². The maximum Gasteiger partial charge on any atom is 0.255 e. The summed E-state index contributed by atoms with van der Waals surface area (Å²) < 4.78 is 5.99. The molecule has 4 rings (SSSR count). The number of rotatable bonds is 6. The van der Waals surface area contributed by atoms with Gasteiger partial charge >= 0.3 is 0 Å². The highest BCUT2D eigenvalue weighted by atomic mass is 35.5. The summed E-state index contributed by atoms with van der Waals surface area (Å²) in [5.74, 6) is 0.415. The van der Waals surface area contributed by atoms with Gasteiger partial charge in [-0.2, -0.15) is 0 Å². The van der Waals surface area contributed by atoms with Gasteiger partial charge in [-0.3, -0.25) is 9.78 Å². The second-order valence-corrected chi connectivity index (χ2v) is 7.61. The number of hydrogen-bond donors (Lipinski definition) is 1. The molecule has 3 aromatic rings. The summed E-state index contributed by atoms with van der Waals surface area (Å²) in [5, 5.41) is 3.83. The molecule has 1 aliphatic carbocycles. The van der Waals surface area contributed by atoms with Crippen LogP contribution in [0, 0.1) is 6.92 Å². The molecule has 1 N–H and O–H groups in total. The summed E-state index contributed by atoms with van der Waals surface area (Å²) in [6.07, 6.45) is 3.54. The molecule has 1 fully saturated rings. The molecule has 0 spiro atoms. The van der Waals surface area contributed by atoms with Crippen LogP contribution in [0.4, 0.5) is 0 Å². The van der Waals surface area contributed by atoms with Crippen molar-refractivity contribution in [2.24, 2.45) is 0 Å². The number of aryl methyl sites for hydroxylation is 1. The number of carbonyl (C=O) groups excluding carboxylic acids is 1. The van der Waals surface area contributed by atoms with Gasteiger partial charge in [-0.1, -0.05) is 35.9 Å². The molecule has 1 heterocycles. The minimum atomic E-state index is -0.368. The third-order valence-corrected chi connectivity index (χ3v) is 5.16. The molecule has 0 radical (unpaired) electrons. The molecule has 5 heteroatoms. The number of ether oxygens (including phenoxy) is 1. The van der Waals surface area contributed by atoms with E-state index < -0.39 is 0 Å². The Morgan fingerprint density at radius 1 is 1.14 bits per heavy atom. The first kappa shape index (κ1) is 18.5. The van der Waals surface area contributed by atoms with Gasteiger partial charge in [-0.25, -0.2) is 0 Å². The molecule has 0 bridgehead atoms. The molecule has 1 aromatic heterocycles. The van der Waals surface area contributed by atoms with E-state index in [2.05, 4.69) is 10.3 Å². The smallest absolute Gasteiger partial charge is 0.255 e. The van der Waals surface area contributed by atoms with Gasteiger partial charge in [-0.15, -0.1) is 0 Å². The van der Waals surface area contributed by atoms with Crippen LogP contribution in [-0.4, -0.2) is 10.9 Å². The summed E-state index contributed by atoms with van der Waals surface area (Å²) in [4.78, 5) is 17.5. The molecule has 1 amide bonds. The van der Waals surface area contributed by atoms with Gasteiger partial charge in [-0.05, 0) is 67.3 Å². The monoisotopic (exact) mass is 392 g/mol. The molecule has 4 nitrogen and oxygen atoms in total. The lowest BCUT2D eigenvalue weighted by atomic mass is 10.1. The highest BCUT2D eigenvalue weighted by Gasteiger charge is 2.47. The third-order valence-electron chi connectivity index (χ3n) is 4.92. The molecule has 0 unspecified atom stereocenters. The molecule has 1 saturated carbocycles. The van der Waals surface area contributed by atoms with E-state index in [9.17, 15) is 4.79 Å². The average Bonchev–Trinajstić information content (AvgIpc) is 3.48. The van der Waals surface area contributed by atoms with E-state index in [4.69, 9.17) is 16.3 Å². The fraction of sp³-hybridized carbons (Fsp3) is 0.217. The highest BCUT2D eigenvalue weighted by molar-refractivity contribution is 6.30. The number of amides is 1. The van der Waals surface area contributed by atoms with Gasteiger partial charge in [0.25, 0.3) is 5.91 Å². The van der Waals surface area contributed by atoms with E-state index in [1.165, 1.54) is 0 Å². The number of hydrogen-bond acceptors (Lipinski definition) is 3. The van der Waals surface area contributed by atoms with Gasteiger partial charge in [0.15, 0.2) is 0 Å². The molecule has 2 aromatic carbocycles. The largest absolute Gasteiger partial charge is 0.488 e. The predicted octanol–water partition coefficient (Wildman–Crippen LogP) is 5.04. The van der Waals surface area contributed by atoms with E-state index in [0.29, 0.717) is 22.9 Å². The first-order chi connectivity index (χ1) is 13.6. The zero-order valence-electron chi connectivity index (χ0n) is 15.6. The zero-order chi connectivity index (χ0) is 19.6. The van der Waals surface area contributed by atoms with E-state index >= 15 is 0 Å². The van der Waals surface area contributed by atoms with E-state index in [1.54, 1.807) is 6.20 Å². The molecular formula is C23H21ClN2O2. The molecule has 142 valence electrons. The van der Waals surface area contributed by atoms with Gasteiger partial charge < -0.3 is 10.1 Å². The molecule has 28 heavy (non-hydrogen) atoms. The fourth-order valence-electron chi connectivity index (χ4n) is 3.23. The Kier molecular flexibility index (Phi) is 5.05. The van der Waals surface area contributed by atoms with Crippen LogP contribution in [0.25, 0.3) is 0 Å². The van der Waals surface area contributed by atoms with Crippen LogP contribution in [-0.2, 0) is 12.1 Å². The maximum atomic E-state index is 13.0. The van der Waals surface area contributed by atoms with Crippen molar-refractivity contribution in [3.8, 4) is 5.75 Å². The maximum absolute atomic E-state index is 13.0. The Hall–Kier alpha value is -2.85. The summed E-state index contributed by atoms with van der Waals surface area (Å²) in [6.45, 7) is 2.32. The Bertz CT molecular complexity index is 1000. The van der Waals surface area contributed by atoms with E-state index in [1.807, 2.05) is 67.6 Å². The number of benzene rings is 2. The lowest BCUT2D eigenvalue weighted by molar-refractivity contribution is 0.0925. The van der Waals surface area contributed by atoms with Crippen molar-refractivity contribution in [2.45, 2.75) is 31.9 Å². The molecule has 0 atom stereocenters. The number of carbonyl (C=O) groups is 1. The number of pyridine rings is 1. The predicted molar refractivity (Wildman–Crippen MR) is 110 cm³/mol. The van der Waals surface area contributed by atoms with Crippen LogP contribution in [0.2, 0.25) is 5.02 Å². The Morgan fingerprint density at radius 2 is 2.00 bits per heavy atom. The van der Waals surface area contributed by atoms with Crippen molar-refractivity contribution < 1.29 is 9.53 Å². The fourth-order valence-corrected chi connectivity index (χ4v) is 3.44. The summed E-state index contributed by atoms with van der Waals surface area (Å²) in [7, 11) is 0. The summed E-state index contributed by atoms with van der Waals surface area (Å²) in [5.41, 5.74) is 3.04. The van der Waals surface area contributed by atoms with Crippen LogP contribution >= 0.6 is 11.6 Å². The average molecular weight is 393 g/mol. The van der Waals surface area contributed by atoms with E-state index in [-0.39, 0.29) is 11.4 Å². The lowest BCUT2D eigenvalue weighted by Gasteiger charge is -2.19. The minimum Gasteiger partial charge on any atom is -0.488 e. The highest BCUT2D eigenvalue weighted by Crippen LogP contribution is 2.44. The van der Waals surface area contributed by atoms with Crippen LogP contribution in [0.1, 0.15) is 40.0 Å². The lowest BCUT2D eigenvalue weighted by Crippen LogP contribution is -2.35. The molecule has 0 saturated heterocycles. The van der Waals surface area contributed by atoms with Crippen LogP contribution < -0.4 is 10.1 Å². The second-order valence-electron chi connectivity index (χ2n) is 7.17. The van der Waals surface area contributed by atoms with Gasteiger partial charge in [0.05, 0.1) is 16.8 Å². The second kappa shape index (κ2) is 7.64. The Morgan fingerprint density at radius 3 is 2.71 bits per heavy atom. The molecular weight excluding hydrogens is 372 g/mol. The Labute approximate surface area is 169 Å². The minimum absolute atomic E-state index is 0.149. The third kappa shape index (κ3) is 4.02. The van der Waals surface area contributed by atoms with Crippen LogP contribution in [0.3, 0.4) is 0 Å². The van der Waals surface area contributed by atoms with Gasteiger partial charge in [0.2, 0.25) is 0 Å². The van der Waals surface area contributed by atoms with Crippen molar-refractivity contribution in [1.29, 1.82) is 0 Å². The molecule has 0 aliphatic heterocycles. The quantitative estimate of drug-likeness (QED) is 0.639. The topological polar surface area (TPSA) is 51.2 Å². The van der Waals surface area contributed by atoms with Crippen molar-refractivity contribution in [2.75, 3.05) is 0 Å². The summed E-state index contributed by atoms with van der Waals surface area (Å²) in [6, 6.07) is 18.9. The normalized spacial score (nSPS) is 14.4. The van der Waals surface area contributed by atoms with Crippen LogP contribution in [0.5, 0.6) is 5.75 Å². The van der Waals surface area contributed by atoms with Crippen molar-refractivity contribution in [1.82, 2.24) is 10.3 Å². The molecule has 1 aliphatic rings. The standard InChI is InChI=1S/C23H21ClN2O2/c1-16-8-9-19(20(13-16)28-15-17-5-4-6-18(24)14-17)22(27)26-23(10-11-23)21-7-2-3-12-25-21/h2-9,12-14H,10-11,15H2,1H3,(H,26,27). The first-order valence-electron chi connectivity index (χ1n) is 9.28. The summed E-state index contributed by atoms with van der Waals surface area (Å²) >= 11 is 6.05. The van der Waals surface area contributed by atoms with Gasteiger partial charge in [0.1, 0.15) is 12.4 Å². The number of nitrogens with one attached hydrogen (secondary N) is 1.